The Morgan fingerprint density at radius 2 is 1.66 bits per heavy atom. The van der Waals surface area contributed by atoms with Crippen molar-refractivity contribution in [1.82, 2.24) is 15.0 Å². The highest BCUT2D eigenvalue weighted by atomic mass is 35.5. The maximum atomic E-state index is 6.26. The van der Waals surface area contributed by atoms with Gasteiger partial charge in [0.1, 0.15) is 0 Å². The molecule has 9 heteroatoms. The molecule has 0 aliphatic rings. The molecule has 0 fully saturated rings. The molecule has 2 aromatic carbocycles. The summed E-state index contributed by atoms with van der Waals surface area (Å²) < 4.78 is 0. The lowest BCUT2D eigenvalue weighted by Crippen LogP contribution is -2.25. The van der Waals surface area contributed by atoms with E-state index in [-0.39, 0.29) is 0 Å². The van der Waals surface area contributed by atoms with Crippen LogP contribution in [0, 0.1) is 6.92 Å². The van der Waals surface area contributed by atoms with Crippen LogP contribution in [0.2, 0.25) is 5.02 Å². The first kappa shape index (κ1) is 23.3. The summed E-state index contributed by atoms with van der Waals surface area (Å²) in [6.45, 7) is 7.63. The second-order valence-corrected chi connectivity index (χ2v) is 7.81. The van der Waals surface area contributed by atoms with Gasteiger partial charge in [-0.25, -0.2) is 5.43 Å². The molecule has 1 heterocycles. The number of halogens is 1. The highest BCUT2D eigenvalue weighted by Gasteiger charge is 2.12. The fourth-order valence-corrected chi connectivity index (χ4v) is 3.12. The van der Waals surface area contributed by atoms with Gasteiger partial charge in [0.05, 0.1) is 6.21 Å². The van der Waals surface area contributed by atoms with Gasteiger partial charge in [-0.15, -0.1) is 0 Å². The molecule has 8 nitrogen and oxygen atoms in total. The molecule has 2 N–H and O–H groups in total. The Hall–Kier alpha value is -3.39. The summed E-state index contributed by atoms with van der Waals surface area (Å²) in [5.41, 5.74) is 6.82. The average molecular weight is 453 g/mol. The highest BCUT2D eigenvalue weighted by Crippen LogP contribution is 2.23. The Bertz CT molecular complexity index is 1060. The molecule has 3 rings (SSSR count). The molecule has 0 aliphatic carbocycles. The molecule has 0 bridgehead atoms. The van der Waals surface area contributed by atoms with Crippen LogP contribution in [-0.4, -0.2) is 48.4 Å². The normalized spacial score (nSPS) is 10.9. The summed E-state index contributed by atoms with van der Waals surface area (Å²) in [6.07, 6.45) is 1.73. The van der Waals surface area contributed by atoms with Gasteiger partial charge in [0.2, 0.25) is 17.8 Å². The first-order valence-corrected chi connectivity index (χ1v) is 10.9. The van der Waals surface area contributed by atoms with E-state index in [1.54, 1.807) is 6.21 Å². The largest absolute Gasteiger partial charge is 0.378 e. The van der Waals surface area contributed by atoms with Crippen molar-refractivity contribution in [3.8, 4) is 0 Å². The van der Waals surface area contributed by atoms with Crippen molar-refractivity contribution < 1.29 is 0 Å². The third kappa shape index (κ3) is 6.07. The lowest BCUT2D eigenvalue weighted by molar-refractivity contribution is 0.814. The minimum Gasteiger partial charge on any atom is -0.378 e. The number of hydrogen-bond donors (Lipinski definition) is 2. The summed E-state index contributed by atoms with van der Waals surface area (Å²) in [4.78, 5) is 17.7. The predicted molar refractivity (Wildman–Crippen MR) is 135 cm³/mol. The van der Waals surface area contributed by atoms with E-state index < -0.39 is 0 Å². The number of aryl methyl sites for hydroxylation is 1. The van der Waals surface area contributed by atoms with Gasteiger partial charge in [0.15, 0.2) is 0 Å². The minimum atomic E-state index is 0.351. The van der Waals surface area contributed by atoms with Gasteiger partial charge < -0.3 is 15.1 Å². The van der Waals surface area contributed by atoms with Crippen molar-refractivity contribution in [2.75, 3.05) is 47.7 Å². The van der Waals surface area contributed by atoms with Crippen molar-refractivity contribution >= 4 is 47.0 Å². The van der Waals surface area contributed by atoms with Crippen LogP contribution in [0.25, 0.3) is 0 Å². The molecule has 0 unspecified atom stereocenters. The van der Waals surface area contributed by atoms with Crippen LogP contribution in [0.3, 0.4) is 0 Å². The van der Waals surface area contributed by atoms with Crippen LogP contribution >= 0.6 is 11.6 Å². The molecule has 0 saturated heterocycles. The monoisotopic (exact) mass is 452 g/mol. The number of nitrogens with zero attached hydrogens (tertiary/aromatic N) is 6. The van der Waals surface area contributed by atoms with Gasteiger partial charge in [0.25, 0.3) is 0 Å². The summed E-state index contributed by atoms with van der Waals surface area (Å²) in [5, 5.41) is 8.19. The summed E-state index contributed by atoms with van der Waals surface area (Å²) in [5.74, 6) is 1.33. The molecule has 0 aliphatic heterocycles. The van der Waals surface area contributed by atoms with E-state index in [2.05, 4.69) is 49.5 Å². The number of benzene rings is 2. The van der Waals surface area contributed by atoms with E-state index >= 15 is 0 Å². The van der Waals surface area contributed by atoms with E-state index in [1.165, 1.54) is 0 Å². The number of anilines is 5. The summed E-state index contributed by atoms with van der Waals surface area (Å²) in [6, 6.07) is 13.8. The van der Waals surface area contributed by atoms with E-state index in [4.69, 9.17) is 11.6 Å². The van der Waals surface area contributed by atoms with Gasteiger partial charge >= 0.3 is 0 Å². The zero-order chi connectivity index (χ0) is 23.1. The summed E-state index contributed by atoms with van der Waals surface area (Å²) >= 11 is 6.26. The number of nitrogens with one attached hydrogen (secondary N) is 2. The molecule has 32 heavy (non-hydrogen) atoms. The Morgan fingerprint density at radius 3 is 2.28 bits per heavy atom. The second kappa shape index (κ2) is 10.8. The Labute approximate surface area is 194 Å². The first-order valence-electron chi connectivity index (χ1n) is 10.5. The third-order valence-corrected chi connectivity index (χ3v) is 5.29. The number of hydrazone groups is 1. The van der Waals surface area contributed by atoms with Gasteiger partial charge in [-0.1, -0.05) is 29.8 Å². The lowest BCUT2D eigenvalue weighted by atomic mass is 10.2. The van der Waals surface area contributed by atoms with Gasteiger partial charge in [0, 0.05) is 43.6 Å². The average Bonchev–Trinajstić information content (AvgIpc) is 2.77. The Kier molecular flexibility index (Phi) is 7.83. The molecule has 0 spiro atoms. The molecular formula is C23H29ClN8. The van der Waals surface area contributed by atoms with Crippen molar-refractivity contribution in [3.63, 3.8) is 0 Å². The Morgan fingerprint density at radius 1 is 0.969 bits per heavy atom. The molecular weight excluding hydrogens is 424 g/mol. The van der Waals surface area contributed by atoms with Gasteiger partial charge in [-0.3, -0.25) is 0 Å². The maximum absolute atomic E-state index is 6.26. The topological polar surface area (TPSA) is 81.6 Å². The van der Waals surface area contributed by atoms with Crippen LogP contribution in [0.1, 0.15) is 25.0 Å². The molecule has 0 saturated carbocycles. The van der Waals surface area contributed by atoms with Crippen molar-refractivity contribution in [2.24, 2.45) is 5.10 Å². The molecule has 168 valence electrons. The minimum absolute atomic E-state index is 0.351. The zero-order valence-electron chi connectivity index (χ0n) is 19.1. The predicted octanol–water partition coefficient (Wildman–Crippen LogP) is 4.94. The van der Waals surface area contributed by atoms with Crippen LogP contribution in [-0.2, 0) is 0 Å². The van der Waals surface area contributed by atoms with Gasteiger partial charge in [-0.05, 0) is 56.2 Å². The quantitative estimate of drug-likeness (QED) is 0.351. The fourth-order valence-electron chi connectivity index (χ4n) is 2.94. The van der Waals surface area contributed by atoms with Gasteiger partial charge in [-0.2, -0.15) is 20.1 Å². The van der Waals surface area contributed by atoms with E-state index in [1.807, 2.05) is 68.4 Å². The molecule has 0 amide bonds. The van der Waals surface area contributed by atoms with Crippen molar-refractivity contribution in [3.05, 3.63) is 58.6 Å². The van der Waals surface area contributed by atoms with Crippen molar-refractivity contribution in [1.29, 1.82) is 0 Å². The van der Waals surface area contributed by atoms with Crippen LogP contribution in [0.15, 0.2) is 47.6 Å². The standard InChI is InChI=1S/C23H29ClN8/c1-6-32(7-2)23-28-21(26-18-11-8-16(3)20(24)14-18)27-22(29-23)30-25-15-17-9-12-19(13-10-17)31(4)5/h8-15H,6-7H2,1-5H3,(H2,26,27,28,29,30). The van der Waals surface area contributed by atoms with Crippen LogP contribution in [0.5, 0.6) is 0 Å². The fraction of sp³-hybridized carbons (Fsp3) is 0.304. The lowest BCUT2D eigenvalue weighted by Gasteiger charge is -2.19. The summed E-state index contributed by atoms with van der Waals surface area (Å²) in [7, 11) is 4.02. The number of aromatic nitrogens is 3. The molecule has 0 atom stereocenters. The Balaban J connectivity index is 1.82. The van der Waals surface area contributed by atoms with E-state index in [0.717, 1.165) is 35.6 Å². The molecule has 1 aromatic heterocycles. The van der Waals surface area contributed by atoms with Crippen LogP contribution < -0.4 is 20.5 Å². The van der Waals surface area contributed by atoms with E-state index in [0.29, 0.717) is 22.9 Å². The van der Waals surface area contributed by atoms with Crippen LogP contribution in [0.4, 0.5) is 29.2 Å². The third-order valence-electron chi connectivity index (χ3n) is 4.89. The number of hydrogen-bond acceptors (Lipinski definition) is 8. The highest BCUT2D eigenvalue weighted by molar-refractivity contribution is 6.31. The maximum Gasteiger partial charge on any atom is 0.250 e. The zero-order valence-corrected chi connectivity index (χ0v) is 19.9. The number of rotatable bonds is 9. The first-order chi connectivity index (χ1) is 15.4. The van der Waals surface area contributed by atoms with E-state index in [9.17, 15) is 0 Å². The molecule has 3 aromatic rings. The van der Waals surface area contributed by atoms with Crippen molar-refractivity contribution in [2.45, 2.75) is 20.8 Å². The molecule has 0 radical (unpaired) electrons. The SMILES string of the molecule is CCN(CC)c1nc(NN=Cc2ccc(N(C)C)cc2)nc(Nc2ccc(C)c(Cl)c2)n1. The second-order valence-electron chi connectivity index (χ2n) is 7.40. The smallest absolute Gasteiger partial charge is 0.250 e.